The van der Waals surface area contributed by atoms with Crippen molar-refractivity contribution >= 4 is 65.3 Å². The molecule has 0 saturated heterocycles. The first kappa shape index (κ1) is 35.0. The third-order valence-corrected chi connectivity index (χ3v) is 13.5. The van der Waals surface area contributed by atoms with Gasteiger partial charge in [0.05, 0.1) is 33.3 Å². The smallest absolute Gasteiger partial charge is 0.235 e. The van der Waals surface area contributed by atoms with Crippen molar-refractivity contribution in [2.75, 3.05) is 0 Å². The van der Waals surface area contributed by atoms with E-state index in [0.29, 0.717) is 5.95 Å². The van der Waals surface area contributed by atoms with E-state index in [0.717, 1.165) is 44.4 Å². The SMILES string of the molecule is c1ccc(-c2cccc(-n3c4ccccc4c4cc(-c5ccc6c(c5)c5c7cccc8c7c(cc5n6-c5nc(-c6ccccc6)c6ccccc6n5)-c5ccccc5-8)ccc43)c2)cc1. The van der Waals surface area contributed by atoms with E-state index in [4.69, 9.17) is 9.97 Å². The van der Waals surface area contributed by atoms with Crippen LogP contribution in [0, 0.1) is 0 Å². The monoisotopic (exact) mass is 812 g/mol. The number of fused-ring (bicyclic) bond motifs is 11. The van der Waals surface area contributed by atoms with Crippen LogP contribution in [-0.4, -0.2) is 19.1 Å². The van der Waals surface area contributed by atoms with Gasteiger partial charge in [0.15, 0.2) is 0 Å². The number of nitrogens with zero attached hydrogens (tertiary/aromatic N) is 4. The molecule has 64 heavy (non-hydrogen) atoms. The number of rotatable bonds is 5. The van der Waals surface area contributed by atoms with Crippen LogP contribution in [0.3, 0.4) is 0 Å². The second kappa shape index (κ2) is 13.4. The van der Waals surface area contributed by atoms with E-state index in [-0.39, 0.29) is 0 Å². The predicted octanol–water partition coefficient (Wildman–Crippen LogP) is 15.6. The van der Waals surface area contributed by atoms with Gasteiger partial charge in [-0.15, -0.1) is 0 Å². The van der Waals surface area contributed by atoms with Crippen LogP contribution in [0.4, 0.5) is 0 Å². The van der Waals surface area contributed by atoms with Gasteiger partial charge in [0.25, 0.3) is 0 Å². The lowest BCUT2D eigenvalue weighted by molar-refractivity contribution is 1.01. The fourth-order valence-electron chi connectivity index (χ4n) is 10.6. The third-order valence-electron chi connectivity index (χ3n) is 13.5. The van der Waals surface area contributed by atoms with Crippen LogP contribution < -0.4 is 0 Å². The Labute approximate surface area is 368 Å². The van der Waals surface area contributed by atoms with Gasteiger partial charge in [-0.2, -0.15) is 0 Å². The number of hydrogen-bond donors (Lipinski definition) is 0. The van der Waals surface area contributed by atoms with Crippen molar-refractivity contribution in [1.82, 2.24) is 19.1 Å². The Balaban J connectivity index is 1.02. The predicted molar refractivity (Wildman–Crippen MR) is 266 cm³/mol. The minimum atomic E-state index is 0.657. The number of para-hydroxylation sites is 2. The topological polar surface area (TPSA) is 35.6 Å². The van der Waals surface area contributed by atoms with Crippen molar-refractivity contribution in [2.24, 2.45) is 0 Å². The lowest BCUT2D eigenvalue weighted by Crippen LogP contribution is -2.03. The van der Waals surface area contributed by atoms with Gasteiger partial charge in [-0.25, -0.2) is 9.97 Å². The average molecular weight is 813 g/mol. The zero-order chi connectivity index (χ0) is 41.9. The summed E-state index contributed by atoms with van der Waals surface area (Å²) in [5, 5.41) is 8.41. The van der Waals surface area contributed by atoms with Gasteiger partial charge in [-0.1, -0.05) is 164 Å². The van der Waals surface area contributed by atoms with Crippen LogP contribution in [0.5, 0.6) is 0 Å². The van der Waals surface area contributed by atoms with Gasteiger partial charge >= 0.3 is 0 Å². The first-order chi connectivity index (χ1) is 31.7. The van der Waals surface area contributed by atoms with Crippen molar-refractivity contribution in [3.8, 4) is 67.4 Å². The molecule has 3 heterocycles. The van der Waals surface area contributed by atoms with E-state index in [1.807, 2.05) is 0 Å². The molecule has 0 fully saturated rings. The van der Waals surface area contributed by atoms with Crippen LogP contribution in [0.1, 0.15) is 0 Å². The van der Waals surface area contributed by atoms with E-state index in [1.54, 1.807) is 0 Å². The van der Waals surface area contributed by atoms with Crippen molar-refractivity contribution in [1.29, 1.82) is 0 Å². The lowest BCUT2D eigenvalue weighted by Gasteiger charge is -2.12. The summed E-state index contributed by atoms with van der Waals surface area (Å²) < 4.78 is 4.71. The van der Waals surface area contributed by atoms with Crippen LogP contribution >= 0.6 is 0 Å². The molecule has 0 N–H and O–H groups in total. The Morgan fingerprint density at radius 1 is 0.281 bits per heavy atom. The average Bonchev–Trinajstić information content (AvgIpc) is 4.00. The molecular formula is C60H36N4. The van der Waals surface area contributed by atoms with Crippen LogP contribution in [-0.2, 0) is 0 Å². The Morgan fingerprint density at radius 3 is 1.67 bits per heavy atom. The van der Waals surface area contributed by atoms with Crippen molar-refractivity contribution in [2.45, 2.75) is 0 Å². The van der Waals surface area contributed by atoms with E-state index >= 15 is 0 Å². The van der Waals surface area contributed by atoms with Crippen molar-refractivity contribution in [3.05, 3.63) is 218 Å². The van der Waals surface area contributed by atoms with Gasteiger partial charge in [0, 0.05) is 38.2 Å². The van der Waals surface area contributed by atoms with Crippen LogP contribution in [0.2, 0.25) is 0 Å². The molecule has 0 aliphatic heterocycles. The molecule has 0 amide bonds. The quantitative estimate of drug-likeness (QED) is 0.174. The molecule has 296 valence electrons. The van der Waals surface area contributed by atoms with Crippen molar-refractivity contribution in [3.63, 3.8) is 0 Å². The zero-order valence-corrected chi connectivity index (χ0v) is 34.6. The normalized spacial score (nSPS) is 12.1. The molecule has 0 bridgehead atoms. The van der Waals surface area contributed by atoms with Gasteiger partial charge in [0.2, 0.25) is 5.95 Å². The highest BCUT2D eigenvalue weighted by Crippen LogP contribution is 2.51. The van der Waals surface area contributed by atoms with Crippen molar-refractivity contribution < 1.29 is 0 Å². The second-order valence-corrected chi connectivity index (χ2v) is 16.9. The maximum atomic E-state index is 5.45. The molecule has 0 spiro atoms. The molecule has 4 nitrogen and oxygen atoms in total. The summed E-state index contributed by atoms with van der Waals surface area (Å²) in [4.78, 5) is 10.8. The summed E-state index contributed by atoms with van der Waals surface area (Å²) in [7, 11) is 0. The van der Waals surface area contributed by atoms with E-state index in [9.17, 15) is 0 Å². The minimum Gasteiger partial charge on any atom is -0.309 e. The summed E-state index contributed by atoms with van der Waals surface area (Å²) in [6.45, 7) is 0. The standard InChI is InChI=1S/C60H36N4/c1-3-15-37(16-4-1)39-19-13-20-42(33-39)63-53-28-12-10-23-45(53)49-34-40(29-31-54(49)63)41-30-32-55-51(35-41)58-48-26-14-25-46-43-21-7-8-22-44(43)50(57(46)48)36-56(58)64(55)60-61-52-27-11-9-24-47(52)59(62-60)38-17-5-2-6-18-38/h1-36H. The molecule has 13 aromatic rings. The number of benzene rings is 10. The van der Waals surface area contributed by atoms with Gasteiger partial charge in [-0.05, 0) is 110 Å². The Kier molecular flexibility index (Phi) is 7.36. The fourth-order valence-corrected chi connectivity index (χ4v) is 10.6. The largest absolute Gasteiger partial charge is 0.309 e. The highest BCUT2D eigenvalue weighted by Gasteiger charge is 2.27. The van der Waals surface area contributed by atoms with Gasteiger partial charge in [-0.3, -0.25) is 4.57 Å². The van der Waals surface area contributed by atoms with Gasteiger partial charge in [0.1, 0.15) is 0 Å². The molecule has 0 radical (unpaired) electrons. The molecule has 1 aliphatic carbocycles. The van der Waals surface area contributed by atoms with Gasteiger partial charge < -0.3 is 4.57 Å². The first-order valence-corrected chi connectivity index (χ1v) is 21.9. The molecule has 0 unspecified atom stereocenters. The highest BCUT2D eigenvalue weighted by molar-refractivity contribution is 6.29. The fraction of sp³-hybridized carbons (Fsp3) is 0. The molecule has 1 aliphatic rings. The lowest BCUT2D eigenvalue weighted by atomic mass is 9.96. The maximum absolute atomic E-state index is 5.45. The van der Waals surface area contributed by atoms with E-state index in [1.165, 1.54) is 82.3 Å². The molecule has 14 rings (SSSR count). The second-order valence-electron chi connectivity index (χ2n) is 16.9. The minimum absolute atomic E-state index is 0.657. The summed E-state index contributed by atoms with van der Waals surface area (Å²) in [6.07, 6.45) is 0. The molecule has 10 aromatic carbocycles. The summed E-state index contributed by atoms with van der Waals surface area (Å²) in [6, 6.07) is 79.1. The summed E-state index contributed by atoms with van der Waals surface area (Å²) >= 11 is 0. The molecule has 3 aromatic heterocycles. The number of aromatic nitrogens is 4. The Bertz CT molecular complexity index is 4060. The Morgan fingerprint density at radius 2 is 0.859 bits per heavy atom. The highest BCUT2D eigenvalue weighted by atomic mass is 15.2. The van der Waals surface area contributed by atoms with E-state index in [2.05, 4.69) is 228 Å². The zero-order valence-electron chi connectivity index (χ0n) is 34.6. The molecular weight excluding hydrogens is 777 g/mol. The molecule has 0 atom stereocenters. The number of hydrogen-bond acceptors (Lipinski definition) is 2. The van der Waals surface area contributed by atoms with Crippen LogP contribution in [0.25, 0.3) is 133 Å². The first-order valence-electron chi connectivity index (χ1n) is 21.9. The van der Waals surface area contributed by atoms with E-state index < -0.39 is 0 Å². The Hall–Kier alpha value is -8.60. The van der Waals surface area contributed by atoms with Crippen LogP contribution in [0.15, 0.2) is 218 Å². The molecule has 0 saturated carbocycles. The third kappa shape index (κ3) is 5.05. The summed E-state index contributed by atoms with van der Waals surface area (Å²) in [5.74, 6) is 0.657. The molecule has 4 heteroatoms. The maximum Gasteiger partial charge on any atom is 0.235 e. The summed E-state index contributed by atoms with van der Waals surface area (Å²) in [5.41, 5.74) is 18.4.